The van der Waals surface area contributed by atoms with Crippen molar-refractivity contribution in [2.75, 3.05) is 26.2 Å². The van der Waals surface area contributed by atoms with Crippen molar-refractivity contribution in [3.63, 3.8) is 0 Å². The number of rotatable bonds is 6. The normalized spacial score (nSPS) is 17.7. The fourth-order valence-corrected chi connectivity index (χ4v) is 3.81. The van der Waals surface area contributed by atoms with Crippen LogP contribution in [0.15, 0.2) is 24.3 Å². The van der Waals surface area contributed by atoms with Crippen molar-refractivity contribution in [3.8, 4) is 5.75 Å². The zero-order valence-corrected chi connectivity index (χ0v) is 16.8. The van der Waals surface area contributed by atoms with Gasteiger partial charge >= 0.3 is 6.18 Å². The number of benzene rings is 1. The van der Waals surface area contributed by atoms with Gasteiger partial charge in [-0.2, -0.15) is 13.2 Å². The van der Waals surface area contributed by atoms with Gasteiger partial charge in [-0.3, -0.25) is 4.90 Å². The van der Waals surface area contributed by atoms with Crippen molar-refractivity contribution in [2.45, 2.75) is 44.7 Å². The lowest BCUT2D eigenvalue weighted by molar-refractivity contribution is -0.138. The molecule has 3 nitrogen and oxygen atoms in total. The van der Waals surface area contributed by atoms with E-state index in [0.29, 0.717) is 0 Å². The lowest BCUT2D eigenvalue weighted by Crippen LogP contribution is -2.45. The van der Waals surface area contributed by atoms with Crippen molar-refractivity contribution in [1.82, 2.24) is 10.2 Å². The number of hydrogen-bond acceptors (Lipinski definition) is 3. The molecular weight excluding hydrogens is 369 g/mol. The molecule has 8 heteroatoms. The van der Waals surface area contributed by atoms with E-state index in [2.05, 4.69) is 29.9 Å². The first-order valence-electron chi connectivity index (χ1n) is 8.44. The van der Waals surface area contributed by atoms with Gasteiger partial charge in [0.2, 0.25) is 8.32 Å². The largest absolute Gasteiger partial charge is 0.544 e. The summed E-state index contributed by atoms with van der Waals surface area (Å²) in [5.74, 6) is 0.799. The van der Waals surface area contributed by atoms with E-state index < -0.39 is 20.9 Å². The zero-order valence-electron chi connectivity index (χ0n) is 15.0. The summed E-state index contributed by atoms with van der Waals surface area (Å²) in [4.78, 5) is 2.15. The molecule has 0 bridgehead atoms. The van der Waals surface area contributed by atoms with Crippen LogP contribution >= 0.6 is 12.4 Å². The Morgan fingerprint density at radius 3 is 2.16 bits per heavy atom. The van der Waals surface area contributed by atoms with Crippen LogP contribution in [0.2, 0.25) is 19.6 Å². The molecule has 1 aliphatic rings. The van der Waals surface area contributed by atoms with E-state index in [1.807, 2.05) is 24.3 Å². The van der Waals surface area contributed by atoms with Gasteiger partial charge < -0.3 is 9.74 Å². The second kappa shape index (κ2) is 9.25. The fourth-order valence-electron chi connectivity index (χ4n) is 2.97. The SMILES string of the molecule is C[Si](C)(C)Oc1ccc([C@H](CCC(F)(F)F)N2CCNCC2)cc1.Cl. The van der Waals surface area contributed by atoms with Crippen molar-refractivity contribution < 1.29 is 17.6 Å². The van der Waals surface area contributed by atoms with Crippen LogP contribution in [-0.4, -0.2) is 45.6 Å². The van der Waals surface area contributed by atoms with Crippen LogP contribution in [0.5, 0.6) is 5.75 Å². The molecule has 144 valence electrons. The summed E-state index contributed by atoms with van der Waals surface area (Å²) in [7, 11) is -1.68. The van der Waals surface area contributed by atoms with Crippen molar-refractivity contribution >= 4 is 20.7 Å². The van der Waals surface area contributed by atoms with Crippen LogP contribution in [0.3, 0.4) is 0 Å². The number of nitrogens with zero attached hydrogens (tertiary/aromatic N) is 1. The molecule has 1 atom stereocenters. The van der Waals surface area contributed by atoms with E-state index in [0.717, 1.165) is 37.5 Å². The predicted molar refractivity (Wildman–Crippen MR) is 100 cm³/mol. The average molecular weight is 397 g/mol. The first-order valence-corrected chi connectivity index (χ1v) is 11.9. The topological polar surface area (TPSA) is 24.5 Å². The third kappa shape index (κ3) is 7.98. The predicted octanol–water partition coefficient (Wildman–Crippen LogP) is 4.61. The fraction of sp³-hybridized carbons (Fsp3) is 0.647. The third-order valence-electron chi connectivity index (χ3n) is 3.98. The summed E-state index contributed by atoms with van der Waals surface area (Å²) in [6.07, 6.45) is -4.78. The maximum Gasteiger partial charge on any atom is 0.389 e. The van der Waals surface area contributed by atoms with E-state index in [-0.39, 0.29) is 24.9 Å². The highest BCUT2D eigenvalue weighted by Gasteiger charge is 2.31. The monoisotopic (exact) mass is 396 g/mol. The van der Waals surface area contributed by atoms with Crippen LogP contribution < -0.4 is 9.74 Å². The van der Waals surface area contributed by atoms with Gasteiger partial charge in [0.25, 0.3) is 0 Å². The molecule has 0 aliphatic carbocycles. The first-order chi connectivity index (χ1) is 11.1. The van der Waals surface area contributed by atoms with Crippen LogP contribution in [0.1, 0.15) is 24.4 Å². The van der Waals surface area contributed by atoms with Gasteiger partial charge in [0.15, 0.2) is 0 Å². The molecule has 1 aromatic carbocycles. The highest BCUT2D eigenvalue weighted by atomic mass is 35.5. The maximum atomic E-state index is 12.7. The Kier molecular flexibility index (Phi) is 8.25. The molecular formula is C17H28ClF3N2OSi. The van der Waals surface area contributed by atoms with E-state index in [1.54, 1.807) is 0 Å². The first kappa shape index (κ1) is 22.3. The molecule has 0 saturated carbocycles. The number of hydrogen-bond donors (Lipinski definition) is 1. The quantitative estimate of drug-likeness (QED) is 0.710. The second-order valence-electron chi connectivity index (χ2n) is 7.24. The lowest BCUT2D eigenvalue weighted by Gasteiger charge is -2.35. The Morgan fingerprint density at radius 1 is 1.12 bits per heavy atom. The summed E-state index contributed by atoms with van der Waals surface area (Å²) in [6, 6.07) is 7.40. The minimum Gasteiger partial charge on any atom is -0.544 e. The van der Waals surface area contributed by atoms with E-state index in [4.69, 9.17) is 4.43 Å². The summed E-state index contributed by atoms with van der Waals surface area (Å²) in [6.45, 7) is 9.50. The number of nitrogens with one attached hydrogen (secondary N) is 1. The van der Waals surface area contributed by atoms with E-state index in [1.165, 1.54) is 0 Å². The van der Waals surface area contributed by atoms with Crippen molar-refractivity contribution in [1.29, 1.82) is 0 Å². The molecule has 0 unspecified atom stereocenters. The summed E-state index contributed by atoms with van der Waals surface area (Å²) < 4.78 is 44.0. The molecule has 1 N–H and O–H groups in total. The average Bonchev–Trinajstić information content (AvgIpc) is 2.47. The molecule has 1 saturated heterocycles. The van der Waals surface area contributed by atoms with Crippen LogP contribution in [-0.2, 0) is 0 Å². The summed E-state index contributed by atoms with van der Waals surface area (Å²) >= 11 is 0. The van der Waals surface area contributed by atoms with Crippen LogP contribution in [0.4, 0.5) is 13.2 Å². The molecule has 1 fully saturated rings. The molecule has 0 spiro atoms. The molecule has 1 aliphatic heterocycles. The Bertz CT molecular complexity index is 514. The van der Waals surface area contributed by atoms with E-state index in [9.17, 15) is 13.2 Å². The van der Waals surface area contributed by atoms with Gasteiger partial charge in [-0.15, -0.1) is 12.4 Å². The molecule has 0 amide bonds. The Hall–Kier alpha value is -0.763. The minimum atomic E-state index is -4.12. The molecule has 25 heavy (non-hydrogen) atoms. The molecule has 1 heterocycles. The highest BCUT2D eigenvalue weighted by molar-refractivity contribution is 6.70. The summed E-state index contributed by atoms with van der Waals surface area (Å²) in [5, 5.41) is 3.25. The maximum absolute atomic E-state index is 12.7. The lowest BCUT2D eigenvalue weighted by atomic mass is 9.99. The van der Waals surface area contributed by atoms with Gasteiger partial charge in [-0.05, 0) is 43.8 Å². The smallest absolute Gasteiger partial charge is 0.389 e. The summed E-state index contributed by atoms with van der Waals surface area (Å²) in [5.41, 5.74) is 0.934. The van der Waals surface area contributed by atoms with Gasteiger partial charge in [0.05, 0.1) is 0 Å². The van der Waals surface area contributed by atoms with Gasteiger partial charge in [0.1, 0.15) is 5.75 Å². The molecule has 2 rings (SSSR count). The standard InChI is InChI=1S/C17H27F3N2OSi.ClH/c1-24(2,3)23-15-6-4-14(5-7-15)16(8-9-17(18,19)20)22-12-10-21-11-13-22;/h4-7,16,21H,8-13H2,1-3H3;1H/t16-;/m0./s1. The van der Waals surface area contributed by atoms with Crippen LogP contribution in [0, 0.1) is 0 Å². The Morgan fingerprint density at radius 2 is 1.68 bits per heavy atom. The van der Waals surface area contributed by atoms with Crippen LogP contribution in [0.25, 0.3) is 0 Å². The minimum absolute atomic E-state index is 0. The second-order valence-corrected chi connectivity index (χ2v) is 11.7. The Balaban J connectivity index is 0.00000312. The number of piperazine rings is 1. The van der Waals surface area contributed by atoms with Crippen molar-refractivity contribution in [3.05, 3.63) is 29.8 Å². The highest BCUT2D eigenvalue weighted by Crippen LogP contribution is 2.32. The number of halogens is 4. The number of alkyl halides is 3. The zero-order chi connectivity index (χ0) is 17.8. The van der Waals surface area contributed by atoms with Gasteiger partial charge in [-0.1, -0.05) is 12.1 Å². The van der Waals surface area contributed by atoms with Crippen molar-refractivity contribution in [2.24, 2.45) is 0 Å². The third-order valence-corrected chi connectivity index (χ3v) is 4.83. The van der Waals surface area contributed by atoms with E-state index >= 15 is 0 Å². The van der Waals surface area contributed by atoms with Gasteiger partial charge in [-0.25, -0.2) is 0 Å². The Labute approximate surface area is 155 Å². The van der Waals surface area contributed by atoms with Gasteiger partial charge in [0, 0.05) is 38.6 Å². The molecule has 1 aromatic rings. The molecule has 0 aromatic heterocycles. The molecule has 0 radical (unpaired) electrons.